The fraction of sp³-hybridized carbons (Fsp3) is 0.423. The van der Waals surface area contributed by atoms with Crippen LogP contribution < -0.4 is 10.6 Å². The molecule has 2 amide bonds. The van der Waals surface area contributed by atoms with Gasteiger partial charge >= 0.3 is 12.1 Å². The van der Waals surface area contributed by atoms with Gasteiger partial charge in [0.05, 0.1) is 5.92 Å². The number of carboxylic acids is 1. The predicted molar refractivity (Wildman–Crippen MR) is 124 cm³/mol. The quantitative estimate of drug-likeness (QED) is 0.616. The molecule has 0 aromatic heterocycles. The number of benzene rings is 2. The minimum Gasteiger partial charge on any atom is -0.481 e. The highest BCUT2D eigenvalue weighted by Gasteiger charge is 2.35. The third-order valence-electron chi connectivity index (χ3n) is 6.74. The van der Waals surface area contributed by atoms with E-state index in [0.29, 0.717) is 25.7 Å². The third-order valence-corrected chi connectivity index (χ3v) is 6.74. The van der Waals surface area contributed by atoms with Crippen LogP contribution >= 0.6 is 0 Å². The van der Waals surface area contributed by atoms with Crippen LogP contribution in [0.5, 0.6) is 0 Å². The van der Waals surface area contributed by atoms with Crippen LogP contribution in [0, 0.1) is 5.92 Å². The summed E-state index contributed by atoms with van der Waals surface area (Å²) in [5, 5.41) is 14.7. The highest BCUT2D eigenvalue weighted by atomic mass is 16.5. The number of carbonyl (C=O) groups is 3. The number of nitrogens with one attached hydrogen (secondary N) is 2. The summed E-state index contributed by atoms with van der Waals surface area (Å²) in [5.74, 6) is -1.48. The molecule has 2 aromatic carbocycles. The number of alkyl carbamates (subject to hydrolysis) is 1. The maximum atomic E-state index is 12.8. The summed E-state index contributed by atoms with van der Waals surface area (Å²) in [4.78, 5) is 36.5. The molecule has 1 fully saturated rings. The van der Waals surface area contributed by atoms with Crippen molar-refractivity contribution >= 4 is 18.0 Å². The molecule has 33 heavy (non-hydrogen) atoms. The molecule has 0 radical (unpaired) electrons. The summed E-state index contributed by atoms with van der Waals surface area (Å²) in [6.07, 6.45) is 1.67. The highest BCUT2D eigenvalue weighted by molar-refractivity contribution is 5.89. The number of fused-ring (bicyclic) bond motifs is 3. The van der Waals surface area contributed by atoms with Crippen molar-refractivity contribution in [2.24, 2.45) is 5.92 Å². The lowest BCUT2D eigenvalue weighted by Gasteiger charge is -2.31. The molecule has 7 heteroatoms. The van der Waals surface area contributed by atoms with Gasteiger partial charge in [0.2, 0.25) is 5.91 Å². The van der Waals surface area contributed by atoms with Gasteiger partial charge in [-0.25, -0.2) is 4.79 Å². The molecule has 0 atom stereocenters. The van der Waals surface area contributed by atoms with Gasteiger partial charge in [0.25, 0.3) is 0 Å². The van der Waals surface area contributed by atoms with Gasteiger partial charge in [0.15, 0.2) is 0 Å². The standard InChI is InChI=1S/C26H30N2O5/c1-26(2,24(31)27-17-13-11-16(12-14-17)23(29)30)28-25(32)33-15-22-20-9-5-3-7-18(20)19-8-4-6-10-21(19)22/h3-10,16-17,22H,11-15H2,1-2H3,(H,27,31)(H,28,32)(H,29,30). The topological polar surface area (TPSA) is 105 Å². The van der Waals surface area contributed by atoms with Gasteiger partial charge < -0.3 is 20.5 Å². The lowest BCUT2D eigenvalue weighted by atomic mass is 9.86. The monoisotopic (exact) mass is 450 g/mol. The van der Waals surface area contributed by atoms with E-state index in [2.05, 4.69) is 34.9 Å². The van der Waals surface area contributed by atoms with E-state index < -0.39 is 17.6 Å². The van der Waals surface area contributed by atoms with E-state index in [4.69, 9.17) is 9.84 Å². The smallest absolute Gasteiger partial charge is 0.408 e. The number of ether oxygens (including phenoxy) is 1. The molecule has 4 rings (SSSR count). The Hall–Kier alpha value is -3.35. The molecule has 1 saturated carbocycles. The van der Waals surface area contributed by atoms with Crippen LogP contribution in [-0.2, 0) is 14.3 Å². The van der Waals surface area contributed by atoms with E-state index in [1.807, 2.05) is 24.3 Å². The van der Waals surface area contributed by atoms with Crippen molar-refractivity contribution in [1.82, 2.24) is 10.6 Å². The lowest BCUT2D eigenvalue weighted by Crippen LogP contribution is -2.57. The number of hydrogen-bond acceptors (Lipinski definition) is 4. The first kappa shape index (κ1) is 22.8. The van der Waals surface area contributed by atoms with Crippen molar-refractivity contribution < 1.29 is 24.2 Å². The summed E-state index contributed by atoms with van der Waals surface area (Å²) >= 11 is 0. The Labute approximate surface area is 193 Å². The molecule has 0 aliphatic heterocycles. The minimum absolute atomic E-state index is 0.0514. The Kier molecular flexibility index (Phi) is 6.40. The van der Waals surface area contributed by atoms with Crippen molar-refractivity contribution in [3.8, 4) is 11.1 Å². The van der Waals surface area contributed by atoms with Crippen LogP contribution in [0.25, 0.3) is 11.1 Å². The molecule has 2 aromatic rings. The predicted octanol–water partition coefficient (Wildman–Crippen LogP) is 4.06. The third kappa shape index (κ3) is 4.87. The maximum Gasteiger partial charge on any atom is 0.408 e. The normalized spacial score (nSPS) is 19.8. The Morgan fingerprint density at radius 3 is 2.03 bits per heavy atom. The fourth-order valence-corrected chi connectivity index (χ4v) is 4.80. The Morgan fingerprint density at radius 2 is 1.48 bits per heavy atom. The first-order chi connectivity index (χ1) is 15.8. The fourth-order valence-electron chi connectivity index (χ4n) is 4.80. The van der Waals surface area contributed by atoms with Gasteiger partial charge in [-0.2, -0.15) is 0 Å². The molecule has 2 aliphatic carbocycles. The molecular weight excluding hydrogens is 420 g/mol. The maximum absolute atomic E-state index is 12.8. The van der Waals surface area contributed by atoms with Gasteiger partial charge in [-0.15, -0.1) is 0 Å². The molecule has 0 heterocycles. The van der Waals surface area contributed by atoms with Crippen LogP contribution in [0.1, 0.15) is 56.6 Å². The number of carbonyl (C=O) groups excluding carboxylic acids is 2. The number of hydrogen-bond donors (Lipinski definition) is 3. The minimum atomic E-state index is -1.16. The largest absolute Gasteiger partial charge is 0.481 e. The van der Waals surface area contributed by atoms with E-state index in [0.717, 1.165) is 22.3 Å². The molecule has 0 unspecified atom stereocenters. The number of amides is 2. The number of aliphatic carboxylic acids is 1. The van der Waals surface area contributed by atoms with E-state index >= 15 is 0 Å². The van der Waals surface area contributed by atoms with Gasteiger partial charge in [0.1, 0.15) is 12.1 Å². The Balaban J connectivity index is 1.32. The van der Waals surface area contributed by atoms with Gasteiger partial charge in [-0.05, 0) is 61.8 Å². The average molecular weight is 451 g/mol. The second kappa shape index (κ2) is 9.25. The van der Waals surface area contributed by atoms with Crippen LogP contribution in [-0.4, -0.2) is 41.3 Å². The summed E-state index contributed by atoms with van der Waals surface area (Å²) in [6, 6.07) is 16.1. The molecule has 2 aliphatic rings. The van der Waals surface area contributed by atoms with Crippen molar-refractivity contribution in [3.05, 3.63) is 59.7 Å². The lowest BCUT2D eigenvalue weighted by molar-refractivity contribution is -0.142. The summed E-state index contributed by atoms with van der Waals surface area (Å²) < 4.78 is 5.56. The van der Waals surface area contributed by atoms with Crippen LogP contribution in [0.3, 0.4) is 0 Å². The van der Waals surface area contributed by atoms with Crippen LogP contribution in [0.4, 0.5) is 4.79 Å². The summed E-state index contributed by atoms with van der Waals surface area (Å²) in [7, 11) is 0. The van der Waals surface area contributed by atoms with E-state index in [-0.39, 0.29) is 30.4 Å². The zero-order chi connectivity index (χ0) is 23.6. The Morgan fingerprint density at radius 1 is 0.939 bits per heavy atom. The van der Waals surface area contributed by atoms with Gasteiger partial charge in [-0.3, -0.25) is 9.59 Å². The van der Waals surface area contributed by atoms with Crippen LogP contribution in [0.15, 0.2) is 48.5 Å². The number of carboxylic acid groups (broad SMARTS) is 1. The van der Waals surface area contributed by atoms with E-state index in [1.165, 1.54) is 0 Å². The van der Waals surface area contributed by atoms with Crippen molar-refractivity contribution in [3.63, 3.8) is 0 Å². The van der Waals surface area contributed by atoms with Crippen LogP contribution in [0.2, 0.25) is 0 Å². The first-order valence-electron chi connectivity index (χ1n) is 11.4. The molecular formula is C26H30N2O5. The molecule has 0 saturated heterocycles. The van der Waals surface area contributed by atoms with E-state index in [1.54, 1.807) is 13.8 Å². The SMILES string of the molecule is CC(C)(NC(=O)OCC1c2ccccc2-c2ccccc21)C(=O)NC1CCC(C(=O)O)CC1. The molecule has 0 spiro atoms. The van der Waals surface area contributed by atoms with Gasteiger partial charge in [0, 0.05) is 12.0 Å². The second-order valence-corrected chi connectivity index (χ2v) is 9.44. The first-order valence-corrected chi connectivity index (χ1v) is 11.4. The Bertz CT molecular complexity index is 1010. The van der Waals surface area contributed by atoms with Crippen molar-refractivity contribution in [1.29, 1.82) is 0 Å². The molecule has 7 nitrogen and oxygen atoms in total. The van der Waals surface area contributed by atoms with Gasteiger partial charge in [-0.1, -0.05) is 48.5 Å². The summed E-state index contributed by atoms with van der Waals surface area (Å²) in [5.41, 5.74) is 3.39. The number of rotatable bonds is 6. The van der Waals surface area contributed by atoms with E-state index in [9.17, 15) is 14.4 Å². The molecule has 174 valence electrons. The zero-order valence-electron chi connectivity index (χ0n) is 19.0. The average Bonchev–Trinajstić information content (AvgIpc) is 3.11. The zero-order valence-corrected chi connectivity index (χ0v) is 19.0. The second-order valence-electron chi connectivity index (χ2n) is 9.44. The molecule has 3 N–H and O–H groups in total. The van der Waals surface area contributed by atoms with Crippen molar-refractivity contribution in [2.75, 3.05) is 6.61 Å². The van der Waals surface area contributed by atoms with Crippen molar-refractivity contribution in [2.45, 2.75) is 57.0 Å². The molecule has 0 bridgehead atoms. The highest BCUT2D eigenvalue weighted by Crippen LogP contribution is 2.44. The summed E-state index contributed by atoms with van der Waals surface area (Å²) in [6.45, 7) is 3.44.